The summed E-state index contributed by atoms with van der Waals surface area (Å²) in [5.74, 6) is 1.19. The molecular formula is C14H21N3O. The molecule has 4 nitrogen and oxygen atoms in total. The van der Waals surface area contributed by atoms with Gasteiger partial charge in [0.25, 0.3) is 0 Å². The van der Waals surface area contributed by atoms with E-state index in [4.69, 9.17) is 0 Å². The van der Waals surface area contributed by atoms with Gasteiger partial charge in [0.05, 0.1) is 0 Å². The molecule has 0 saturated carbocycles. The SMILES string of the molecule is CC(C)C(=O)NC1CCCN(c2ccccn2)C1. The van der Waals surface area contributed by atoms with Crippen molar-refractivity contribution >= 4 is 11.7 Å². The van der Waals surface area contributed by atoms with Crippen LogP contribution in [-0.4, -0.2) is 30.0 Å². The molecule has 1 aromatic rings. The first-order valence-electron chi connectivity index (χ1n) is 6.63. The lowest BCUT2D eigenvalue weighted by molar-refractivity contribution is -0.124. The molecule has 18 heavy (non-hydrogen) atoms. The van der Waals surface area contributed by atoms with Crippen LogP contribution in [0.25, 0.3) is 0 Å². The van der Waals surface area contributed by atoms with Crippen LogP contribution in [-0.2, 0) is 4.79 Å². The number of carbonyl (C=O) groups is 1. The fourth-order valence-corrected chi connectivity index (χ4v) is 2.21. The maximum Gasteiger partial charge on any atom is 0.222 e. The number of pyridine rings is 1. The fourth-order valence-electron chi connectivity index (χ4n) is 2.21. The molecule has 0 radical (unpaired) electrons. The van der Waals surface area contributed by atoms with E-state index >= 15 is 0 Å². The van der Waals surface area contributed by atoms with E-state index < -0.39 is 0 Å². The molecule has 1 amide bonds. The van der Waals surface area contributed by atoms with Crippen molar-refractivity contribution in [3.05, 3.63) is 24.4 Å². The van der Waals surface area contributed by atoms with Gasteiger partial charge in [-0.15, -0.1) is 0 Å². The topological polar surface area (TPSA) is 45.2 Å². The van der Waals surface area contributed by atoms with E-state index in [0.29, 0.717) is 0 Å². The molecule has 1 aliphatic rings. The van der Waals surface area contributed by atoms with Gasteiger partial charge in [-0.25, -0.2) is 4.98 Å². The highest BCUT2D eigenvalue weighted by atomic mass is 16.1. The number of hydrogen-bond donors (Lipinski definition) is 1. The van der Waals surface area contributed by atoms with Crippen LogP contribution in [0.2, 0.25) is 0 Å². The van der Waals surface area contributed by atoms with Crippen molar-refractivity contribution in [2.75, 3.05) is 18.0 Å². The zero-order valence-corrected chi connectivity index (χ0v) is 11.1. The summed E-state index contributed by atoms with van der Waals surface area (Å²) < 4.78 is 0. The lowest BCUT2D eigenvalue weighted by Gasteiger charge is -2.34. The van der Waals surface area contributed by atoms with Crippen LogP contribution < -0.4 is 10.2 Å². The lowest BCUT2D eigenvalue weighted by Crippen LogP contribution is -2.49. The minimum Gasteiger partial charge on any atom is -0.355 e. The molecule has 0 aromatic carbocycles. The van der Waals surface area contributed by atoms with Crippen LogP contribution in [0.15, 0.2) is 24.4 Å². The van der Waals surface area contributed by atoms with E-state index in [2.05, 4.69) is 15.2 Å². The predicted octanol–water partition coefficient (Wildman–Crippen LogP) is 1.82. The molecule has 1 aliphatic heterocycles. The minimum atomic E-state index is 0.0511. The third-order valence-corrected chi connectivity index (χ3v) is 3.27. The summed E-state index contributed by atoms with van der Waals surface area (Å²) >= 11 is 0. The highest BCUT2D eigenvalue weighted by Gasteiger charge is 2.22. The van der Waals surface area contributed by atoms with E-state index in [1.165, 1.54) is 0 Å². The van der Waals surface area contributed by atoms with Gasteiger partial charge < -0.3 is 10.2 Å². The number of anilines is 1. The zero-order valence-electron chi connectivity index (χ0n) is 11.1. The summed E-state index contributed by atoms with van der Waals surface area (Å²) in [5, 5.41) is 3.11. The quantitative estimate of drug-likeness (QED) is 0.886. The van der Waals surface area contributed by atoms with Crippen molar-refractivity contribution in [2.24, 2.45) is 5.92 Å². The van der Waals surface area contributed by atoms with E-state index in [1.807, 2.05) is 38.2 Å². The molecule has 0 spiro atoms. The molecule has 2 rings (SSSR count). The van der Waals surface area contributed by atoms with Crippen LogP contribution in [0.3, 0.4) is 0 Å². The molecule has 1 N–H and O–H groups in total. The van der Waals surface area contributed by atoms with Gasteiger partial charge in [0, 0.05) is 31.2 Å². The molecule has 98 valence electrons. The highest BCUT2D eigenvalue weighted by Crippen LogP contribution is 2.17. The second-order valence-corrected chi connectivity index (χ2v) is 5.14. The molecule has 0 bridgehead atoms. The van der Waals surface area contributed by atoms with Gasteiger partial charge >= 0.3 is 0 Å². The Labute approximate surface area is 108 Å². The second-order valence-electron chi connectivity index (χ2n) is 5.14. The standard InChI is InChI=1S/C14H21N3O/c1-11(2)14(18)16-12-6-5-9-17(10-12)13-7-3-4-8-15-13/h3-4,7-8,11-12H,5-6,9-10H2,1-2H3,(H,16,18). The third-order valence-electron chi connectivity index (χ3n) is 3.27. The highest BCUT2D eigenvalue weighted by molar-refractivity contribution is 5.78. The van der Waals surface area contributed by atoms with Gasteiger partial charge in [-0.2, -0.15) is 0 Å². The zero-order chi connectivity index (χ0) is 13.0. The Hall–Kier alpha value is -1.58. The molecule has 4 heteroatoms. The van der Waals surface area contributed by atoms with Crippen LogP contribution in [0, 0.1) is 5.92 Å². The molecule has 1 saturated heterocycles. The summed E-state index contributed by atoms with van der Waals surface area (Å²) in [6, 6.07) is 6.19. The number of hydrogen-bond acceptors (Lipinski definition) is 3. The summed E-state index contributed by atoms with van der Waals surface area (Å²) in [4.78, 5) is 18.3. The second kappa shape index (κ2) is 5.85. The number of amides is 1. The molecule has 1 aromatic heterocycles. The minimum absolute atomic E-state index is 0.0511. The monoisotopic (exact) mass is 247 g/mol. The normalized spacial score (nSPS) is 19.9. The maximum absolute atomic E-state index is 11.7. The van der Waals surface area contributed by atoms with Gasteiger partial charge in [0.1, 0.15) is 5.82 Å². The number of nitrogens with one attached hydrogen (secondary N) is 1. The molecule has 0 aliphatic carbocycles. The molecule has 1 fully saturated rings. The Kier molecular flexibility index (Phi) is 4.18. The fraction of sp³-hybridized carbons (Fsp3) is 0.571. The Morgan fingerprint density at radius 1 is 1.50 bits per heavy atom. The van der Waals surface area contributed by atoms with Crippen molar-refractivity contribution in [3.63, 3.8) is 0 Å². The van der Waals surface area contributed by atoms with Gasteiger partial charge in [0.15, 0.2) is 0 Å². The third kappa shape index (κ3) is 3.22. The Morgan fingerprint density at radius 2 is 2.33 bits per heavy atom. The molecule has 1 atom stereocenters. The summed E-state index contributed by atoms with van der Waals surface area (Å²) in [6.07, 6.45) is 3.97. The first kappa shape index (κ1) is 12.9. The van der Waals surface area contributed by atoms with Crippen molar-refractivity contribution in [2.45, 2.75) is 32.7 Å². The Balaban J connectivity index is 1.95. The Bertz CT molecular complexity index is 391. The van der Waals surface area contributed by atoms with E-state index in [0.717, 1.165) is 31.7 Å². The Morgan fingerprint density at radius 3 is 3.00 bits per heavy atom. The smallest absolute Gasteiger partial charge is 0.222 e. The van der Waals surface area contributed by atoms with Crippen LogP contribution in [0.1, 0.15) is 26.7 Å². The van der Waals surface area contributed by atoms with Crippen molar-refractivity contribution in [1.29, 1.82) is 0 Å². The predicted molar refractivity (Wildman–Crippen MR) is 72.5 cm³/mol. The molecular weight excluding hydrogens is 226 g/mol. The van der Waals surface area contributed by atoms with Crippen LogP contribution in [0.4, 0.5) is 5.82 Å². The van der Waals surface area contributed by atoms with Gasteiger partial charge in [-0.05, 0) is 25.0 Å². The first-order valence-corrected chi connectivity index (χ1v) is 6.63. The molecule has 1 unspecified atom stereocenters. The van der Waals surface area contributed by atoms with Crippen molar-refractivity contribution < 1.29 is 4.79 Å². The summed E-state index contributed by atoms with van der Waals surface area (Å²) in [5.41, 5.74) is 0. The number of carbonyl (C=O) groups excluding carboxylic acids is 1. The lowest BCUT2D eigenvalue weighted by atomic mass is 10.0. The van der Waals surface area contributed by atoms with Gasteiger partial charge in [0.2, 0.25) is 5.91 Å². The average Bonchev–Trinajstić information content (AvgIpc) is 2.40. The first-order chi connectivity index (χ1) is 8.66. The van der Waals surface area contributed by atoms with Crippen LogP contribution in [0.5, 0.6) is 0 Å². The summed E-state index contributed by atoms with van der Waals surface area (Å²) in [7, 11) is 0. The average molecular weight is 247 g/mol. The number of rotatable bonds is 3. The number of aromatic nitrogens is 1. The van der Waals surface area contributed by atoms with E-state index in [-0.39, 0.29) is 17.9 Å². The van der Waals surface area contributed by atoms with E-state index in [1.54, 1.807) is 0 Å². The largest absolute Gasteiger partial charge is 0.355 e. The van der Waals surface area contributed by atoms with Gasteiger partial charge in [-0.1, -0.05) is 19.9 Å². The van der Waals surface area contributed by atoms with Crippen molar-refractivity contribution in [3.8, 4) is 0 Å². The van der Waals surface area contributed by atoms with E-state index in [9.17, 15) is 4.79 Å². The van der Waals surface area contributed by atoms with Gasteiger partial charge in [-0.3, -0.25) is 4.79 Å². The summed E-state index contributed by atoms with van der Waals surface area (Å²) in [6.45, 7) is 5.73. The maximum atomic E-state index is 11.7. The molecule has 2 heterocycles. The number of nitrogens with zero attached hydrogens (tertiary/aromatic N) is 2. The number of piperidine rings is 1. The van der Waals surface area contributed by atoms with Crippen LogP contribution >= 0.6 is 0 Å². The van der Waals surface area contributed by atoms with Crippen molar-refractivity contribution in [1.82, 2.24) is 10.3 Å².